The highest BCUT2D eigenvalue weighted by atomic mass is 35.5. The Hall–Kier alpha value is -0.580. The Morgan fingerprint density at radius 3 is 1.83 bits per heavy atom. The number of hydrogen-bond acceptors (Lipinski definition) is 3. The van der Waals surface area contributed by atoms with Crippen molar-refractivity contribution < 1.29 is 19.9 Å². The molecule has 0 aliphatic heterocycles. The van der Waals surface area contributed by atoms with Crippen molar-refractivity contribution in [1.82, 2.24) is 0 Å². The molecule has 2 N–H and O–H groups in total. The van der Waals surface area contributed by atoms with Gasteiger partial charge >= 0.3 is 0 Å². The number of carboxylic acids is 1. The molecule has 0 heterocycles. The van der Waals surface area contributed by atoms with Crippen LogP contribution in [0.3, 0.4) is 0 Å². The minimum Gasteiger partial charge on any atom is -0.545 e. The van der Waals surface area contributed by atoms with E-state index in [0.717, 1.165) is 0 Å². The van der Waals surface area contributed by atoms with Crippen LogP contribution in [0.25, 0.3) is 0 Å². The van der Waals surface area contributed by atoms with E-state index in [9.17, 15) is 9.90 Å². The van der Waals surface area contributed by atoms with E-state index in [-0.39, 0.29) is 18.0 Å². The minimum atomic E-state index is -1.18. The topological polar surface area (TPSA) is 64.8 Å². The van der Waals surface area contributed by atoms with Crippen LogP contribution >= 0.6 is 12.4 Å². The van der Waals surface area contributed by atoms with Crippen LogP contribution in [0, 0.1) is 0 Å². The van der Waals surface area contributed by atoms with Gasteiger partial charge in [0.2, 0.25) is 0 Å². The number of aliphatic hydroxyl groups is 1. The molecule has 0 radical (unpaired) electrons. The quantitative estimate of drug-likeness (QED) is 0.663. The Bertz CT molecular complexity index is 221. The van der Waals surface area contributed by atoms with E-state index < -0.39 is 12.1 Å². The highest BCUT2D eigenvalue weighted by Crippen LogP contribution is 1.96. The van der Waals surface area contributed by atoms with Gasteiger partial charge in [0.25, 0.3) is 0 Å². The van der Waals surface area contributed by atoms with Crippen molar-refractivity contribution in [2.24, 2.45) is 0 Å². The SMILES string of the molecule is CC(=CCC(C)O)C(=O)[O-].CC[NH+](CC)CC.Cl. The van der Waals surface area contributed by atoms with Crippen LogP contribution in [0.2, 0.25) is 0 Å². The van der Waals surface area contributed by atoms with Crippen LogP contribution in [0.5, 0.6) is 0 Å². The van der Waals surface area contributed by atoms with Crippen molar-refractivity contribution in [3.8, 4) is 0 Å². The van der Waals surface area contributed by atoms with Gasteiger partial charge in [0.1, 0.15) is 0 Å². The summed E-state index contributed by atoms with van der Waals surface area (Å²) in [6.45, 7) is 13.5. The number of rotatable bonds is 6. The average molecular weight is 282 g/mol. The summed E-state index contributed by atoms with van der Waals surface area (Å²) in [4.78, 5) is 11.7. The van der Waals surface area contributed by atoms with E-state index in [4.69, 9.17) is 5.11 Å². The number of aliphatic carboxylic acids is 1. The largest absolute Gasteiger partial charge is 0.545 e. The summed E-state index contributed by atoms with van der Waals surface area (Å²) in [5.41, 5.74) is 0.168. The van der Waals surface area contributed by atoms with Crippen molar-refractivity contribution in [1.29, 1.82) is 0 Å². The van der Waals surface area contributed by atoms with Crippen LogP contribution in [0.4, 0.5) is 0 Å². The van der Waals surface area contributed by atoms with Gasteiger partial charge in [-0.25, -0.2) is 0 Å². The van der Waals surface area contributed by atoms with Crippen molar-refractivity contribution in [2.75, 3.05) is 19.6 Å². The summed E-state index contributed by atoms with van der Waals surface area (Å²) < 4.78 is 0. The minimum absolute atomic E-state index is 0. The van der Waals surface area contributed by atoms with Crippen molar-refractivity contribution in [3.05, 3.63) is 11.6 Å². The lowest BCUT2D eigenvalue weighted by Gasteiger charge is -2.10. The number of quaternary nitrogens is 1. The van der Waals surface area contributed by atoms with Gasteiger partial charge in [-0.2, -0.15) is 0 Å². The number of aliphatic hydroxyl groups excluding tert-OH is 1. The molecule has 18 heavy (non-hydrogen) atoms. The summed E-state index contributed by atoms with van der Waals surface area (Å²) in [7, 11) is 0. The number of carbonyl (C=O) groups excluding carboxylic acids is 1. The summed E-state index contributed by atoms with van der Waals surface area (Å²) >= 11 is 0. The fourth-order valence-corrected chi connectivity index (χ4v) is 1.18. The predicted octanol–water partition coefficient (Wildman–Crippen LogP) is -0.194. The fraction of sp³-hybridized carbons (Fsp3) is 0.769. The maximum Gasteiger partial charge on any atom is 0.0742 e. The molecule has 0 fully saturated rings. The zero-order valence-electron chi connectivity index (χ0n) is 12.2. The number of halogens is 1. The lowest BCUT2D eigenvalue weighted by atomic mass is 10.2. The number of nitrogens with one attached hydrogen (secondary N) is 1. The first-order valence-electron chi connectivity index (χ1n) is 6.28. The number of carbonyl (C=O) groups is 1. The molecule has 1 unspecified atom stereocenters. The maximum absolute atomic E-state index is 10.1. The van der Waals surface area contributed by atoms with E-state index >= 15 is 0 Å². The van der Waals surface area contributed by atoms with Gasteiger partial charge in [0, 0.05) is 0 Å². The molecule has 0 rings (SSSR count). The first kappa shape index (κ1) is 22.6. The summed E-state index contributed by atoms with van der Waals surface area (Å²) in [5.74, 6) is -1.18. The third-order valence-corrected chi connectivity index (χ3v) is 2.59. The molecule has 0 spiro atoms. The third kappa shape index (κ3) is 15.4. The molecule has 0 saturated heterocycles. The smallest absolute Gasteiger partial charge is 0.0742 e. The van der Waals surface area contributed by atoms with Gasteiger partial charge in [0.15, 0.2) is 0 Å². The normalized spacial score (nSPS) is 12.3. The zero-order valence-corrected chi connectivity index (χ0v) is 13.0. The van der Waals surface area contributed by atoms with Gasteiger partial charge in [0.05, 0.1) is 31.7 Å². The van der Waals surface area contributed by atoms with Gasteiger partial charge in [-0.15, -0.1) is 12.4 Å². The molecule has 0 aliphatic carbocycles. The standard InChI is InChI=1S/C7H12O3.C6H15N.ClH/c1-5(7(9)10)3-4-6(2)8;1-4-7(5-2)6-3;/h3,6,8H,4H2,1-2H3,(H,9,10);4-6H2,1-3H3;1H. The van der Waals surface area contributed by atoms with Gasteiger partial charge < -0.3 is 19.9 Å². The summed E-state index contributed by atoms with van der Waals surface area (Å²) in [6, 6.07) is 0. The van der Waals surface area contributed by atoms with Crippen LogP contribution in [0.1, 0.15) is 41.0 Å². The lowest BCUT2D eigenvalue weighted by Crippen LogP contribution is -3.11. The van der Waals surface area contributed by atoms with Crippen LogP contribution < -0.4 is 10.0 Å². The predicted molar refractivity (Wildman–Crippen MR) is 74.9 cm³/mol. The monoisotopic (exact) mass is 281 g/mol. The summed E-state index contributed by atoms with van der Waals surface area (Å²) in [5, 5.41) is 18.8. The van der Waals surface area contributed by atoms with E-state index in [0.29, 0.717) is 6.42 Å². The van der Waals surface area contributed by atoms with Gasteiger partial charge in [-0.3, -0.25) is 0 Å². The molecule has 1 atom stereocenters. The molecule has 0 aromatic carbocycles. The highest BCUT2D eigenvalue weighted by Gasteiger charge is 1.93. The van der Waals surface area contributed by atoms with Gasteiger partial charge in [-0.1, -0.05) is 6.08 Å². The molecule has 0 aromatic rings. The lowest BCUT2D eigenvalue weighted by molar-refractivity contribution is -0.894. The second-order valence-corrected chi connectivity index (χ2v) is 4.07. The fourth-order valence-electron chi connectivity index (χ4n) is 1.18. The first-order chi connectivity index (χ1) is 7.88. The Morgan fingerprint density at radius 1 is 1.28 bits per heavy atom. The molecular formula is C13H28ClNO3. The van der Waals surface area contributed by atoms with Crippen LogP contribution in [-0.4, -0.2) is 36.8 Å². The molecular weight excluding hydrogens is 254 g/mol. The van der Waals surface area contributed by atoms with Crippen molar-refractivity contribution in [2.45, 2.75) is 47.1 Å². The van der Waals surface area contributed by atoms with Crippen LogP contribution in [-0.2, 0) is 4.79 Å². The first-order valence-corrected chi connectivity index (χ1v) is 6.28. The molecule has 5 heteroatoms. The van der Waals surface area contributed by atoms with Crippen molar-refractivity contribution in [3.63, 3.8) is 0 Å². The molecule has 0 amide bonds. The van der Waals surface area contributed by atoms with E-state index in [1.165, 1.54) is 32.6 Å². The molecule has 0 aliphatic rings. The average Bonchev–Trinajstić information content (AvgIpc) is 2.28. The van der Waals surface area contributed by atoms with Gasteiger partial charge in [-0.05, 0) is 46.6 Å². The maximum atomic E-state index is 10.1. The molecule has 0 bridgehead atoms. The molecule has 0 aromatic heterocycles. The second kappa shape index (κ2) is 14.5. The van der Waals surface area contributed by atoms with E-state index in [1.54, 1.807) is 11.8 Å². The third-order valence-electron chi connectivity index (χ3n) is 2.59. The number of carboxylic acid groups (broad SMARTS) is 1. The van der Waals surface area contributed by atoms with E-state index in [1.807, 2.05) is 0 Å². The van der Waals surface area contributed by atoms with Crippen LogP contribution in [0.15, 0.2) is 11.6 Å². The Labute approximate surface area is 117 Å². The zero-order chi connectivity index (χ0) is 13.8. The van der Waals surface area contributed by atoms with Crippen molar-refractivity contribution >= 4 is 18.4 Å². The molecule has 110 valence electrons. The Balaban J connectivity index is -0.000000251. The molecule has 0 saturated carbocycles. The second-order valence-electron chi connectivity index (χ2n) is 4.07. The number of hydrogen-bond donors (Lipinski definition) is 2. The van der Waals surface area contributed by atoms with E-state index in [2.05, 4.69) is 20.8 Å². The molecule has 4 nitrogen and oxygen atoms in total. The Morgan fingerprint density at radius 2 is 1.67 bits per heavy atom. The Kier molecular flexibility index (Phi) is 18.2. The summed E-state index contributed by atoms with van der Waals surface area (Å²) in [6.07, 6.45) is 1.31. The highest BCUT2D eigenvalue weighted by molar-refractivity contribution is 5.85.